The Morgan fingerprint density at radius 3 is 2.98 bits per heavy atom. The van der Waals surface area contributed by atoms with E-state index in [0.29, 0.717) is 30.6 Å². The molecule has 20 heteroatoms. The lowest BCUT2D eigenvalue weighted by atomic mass is 10.0. The quantitative estimate of drug-likeness (QED) is 0.0481. The van der Waals surface area contributed by atoms with Crippen LogP contribution in [0.1, 0.15) is 52.2 Å². The van der Waals surface area contributed by atoms with E-state index in [9.17, 15) is 23.8 Å². The van der Waals surface area contributed by atoms with E-state index in [-0.39, 0.29) is 52.5 Å². The van der Waals surface area contributed by atoms with Crippen molar-refractivity contribution in [3.63, 3.8) is 0 Å². The van der Waals surface area contributed by atoms with Gasteiger partial charge in [-0.1, -0.05) is 28.0 Å². The Balaban J connectivity index is 1.02. The van der Waals surface area contributed by atoms with E-state index in [4.69, 9.17) is 19.7 Å². The highest BCUT2D eigenvalue weighted by Gasteiger charge is 2.42. The number of hydrogen-bond acceptors (Lipinski definition) is 13. The first-order chi connectivity index (χ1) is 21.5. The highest BCUT2D eigenvalue weighted by Crippen LogP contribution is 2.38. The third kappa shape index (κ3) is 9.09. The molecule has 5 rings (SSSR count). The molecule has 3 aliphatic heterocycles. The number of unbranched alkanes of at least 4 members (excludes halogenated alkanes) is 1. The standard InChI is InChI=1S/C25H39N8O8PS3/c1-25(2,10-27-17(34)6-4-3-5-16-19-13(9-43-16)29-24(36)30-19)45-44-12-39-14-7-18(41-15(14)8-40-42(37)38)33-11-28-20-21(33)31-23(26)32-22(20)35/h11,13-16,18-19,42H,3-10,12H2,1-2H3,(H,27,34)(H,37,38)(H2,29,30,36)(H3,26,31,32,35)/t13?,14?,15-,16?,18-,19?/m1/s1. The summed E-state index contributed by atoms with van der Waals surface area (Å²) in [5.41, 5.74) is 5.62. The van der Waals surface area contributed by atoms with Crippen molar-refractivity contribution in [2.75, 3.05) is 30.6 Å². The number of aromatic nitrogens is 4. The average Bonchev–Trinajstić information content (AvgIpc) is 3.75. The van der Waals surface area contributed by atoms with Gasteiger partial charge in [0, 0.05) is 35.1 Å². The van der Waals surface area contributed by atoms with Gasteiger partial charge < -0.3 is 40.6 Å². The van der Waals surface area contributed by atoms with Gasteiger partial charge in [-0.25, -0.2) is 9.78 Å². The van der Waals surface area contributed by atoms with Crippen LogP contribution in [0, 0.1) is 0 Å². The van der Waals surface area contributed by atoms with Crippen molar-refractivity contribution in [1.82, 2.24) is 35.5 Å². The number of aromatic amines is 1. The smallest absolute Gasteiger partial charge is 0.316 e. The molecule has 3 fully saturated rings. The molecule has 45 heavy (non-hydrogen) atoms. The summed E-state index contributed by atoms with van der Waals surface area (Å²) in [6.07, 6.45) is 3.23. The van der Waals surface area contributed by atoms with E-state index in [1.54, 1.807) is 15.4 Å². The van der Waals surface area contributed by atoms with E-state index in [2.05, 4.69) is 30.9 Å². The molecule has 2 aromatic rings. The molecule has 5 heterocycles. The van der Waals surface area contributed by atoms with Gasteiger partial charge in [0.1, 0.15) is 18.3 Å². The molecule has 0 saturated carbocycles. The maximum Gasteiger partial charge on any atom is 0.316 e. The van der Waals surface area contributed by atoms with E-state index < -0.39 is 32.2 Å². The summed E-state index contributed by atoms with van der Waals surface area (Å²) in [4.78, 5) is 56.1. The third-order valence-corrected chi connectivity index (χ3v) is 12.6. The largest absolute Gasteiger partial charge is 0.369 e. The molecule has 250 valence electrons. The highest BCUT2D eigenvalue weighted by molar-refractivity contribution is 8.77. The predicted molar refractivity (Wildman–Crippen MR) is 174 cm³/mol. The molecule has 0 radical (unpaired) electrons. The Kier molecular flexibility index (Phi) is 11.7. The highest BCUT2D eigenvalue weighted by atomic mass is 33.1. The molecule has 3 saturated heterocycles. The van der Waals surface area contributed by atoms with E-state index in [0.717, 1.165) is 25.0 Å². The fraction of sp³-hybridized carbons (Fsp3) is 0.720. The summed E-state index contributed by atoms with van der Waals surface area (Å²) in [6, 6.07) is 0.317. The monoisotopic (exact) mass is 706 g/mol. The van der Waals surface area contributed by atoms with Crippen LogP contribution >= 0.6 is 41.6 Å². The molecule has 0 spiro atoms. The van der Waals surface area contributed by atoms with E-state index in [1.807, 2.05) is 25.6 Å². The molecule has 16 nitrogen and oxygen atoms in total. The summed E-state index contributed by atoms with van der Waals surface area (Å²) in [5.74, 6) is 1.19. The van der Waals surface area contributed by atoms with Crippen molar-refractivity contribution < 1.29 is 33.0 Å². The number of anilines is 1. The van der Waals surface area contributed by atoms with Crippen LogP contribution in [0.2, 0.25) is 0 Å². The molecule has 0 bridgehead atoms. The zero-order valence-corrected chi connectivity index (χ0v) is 28.3. The summed E-state index contributed by atoms with van der Waals surface area (Å²) >= 11 is 1.88. The number of rotatable bonds is 16. The summed E-state index contributed by atoms with van der Waals surface area (Å²) in [6.45, 7) is 4.42. The number of nitrogens with zero attached hydrogens (tertiary/aromatic N) is 3. The van der Waals surface area contributed by atoms with E-state index >= 15 is 0 Å². The minimum Gasteiger partial charge on any atom is -0.369 e. The van der Waals surface area contributed by atoms with Gasteiger partial charge >= 0.3 is 14.3 Å². The fourth-order valence-corrected chi connectivity index (χ4v) is 9.53. The molecule has 0 aliphatic carbocycles. The topological polar surface area (TPSA) is 225 Å². The molecule has 7 N–H and O–H groups in total. The van der Waals surface area contributed by atoms with Crippen LogP contribution in [0.25, 0.3) is 11.2 Å². The lowest BCUT2D eigenvalue weighted by Crippen LogP contribution is -2.37. The van der Waals surface area contributed by atoms with Gasteiger partial charge in [0.2, 0.25) is 11.9 Å². The number of hydrogen-bond donors (Lipinski definition) is 6. The molecular formula is C25H39N8O8PS3. The maximum absolute atomic E-state index is 12.5. The lowest BCUT2D eigenvalue weighted by molar-refractivity contribution is -0.121. The minimum absolute atomic E-state index is 0.0168. The second-order valence-corrected chi connectivity index (χ2v) is 16.7. The van der Waals surface area contributed by atoms with Crippen molar-refractivity contribution in [2.24, 2.45) is 0 Å². The van der Waals surface area contributed by atoms with Gasteiger partial charge in [-0.15, -0.1) is 0 Å². The number of carbonyl (C=O) groups excluding carboxylic acids is 2. The van der Waals surface area contributed by atoms with Crippen LogP contribution in [0.15, 0.2) is 11.1 Å². The molecule has 0 aromatic carbocycles. The first-order valence-corrected chi connectivity index (χ1v) is 19.2. The second-order valence-electron chi connectivity index (χ2n) is 11.6. The van der Waals surface area contributed by atoms with Crippen molar-refractivity contribution in [3.05, 3.63) is 16.7 Å². The number of nitrogen functional groups attached to an aromatic ring is 1. The molecule has 3 amide bonds. The average molecular weight is 707 g/mol. The Morgan fingerprint density at radius 2 is 2.18 bits per heavy atom. The molecule has 5 unspecified atom stereocenters. The molecule has 3 aliphatic rings. The number of urea groups is 1. The minimum atomic E-state index is -3.17. The zero-order chi connectivity index (χ0) is 32.1. The Bertz CT molecular complexity index is 1450. The fourth-order valence-electron chi connectivity index (χ4n) is 5.51. The number of fused-ring (bicyclic) bond motifs is 2. The van der Waals surface area contributed by atoms with Crippen LogP contribution in [0.5, 0.6) is 0 Å². The van der Waals surface area contributed by atoms with Crippen molar-refractivity contribution in [3.8, 4) is 0 Å². The Morgan fingerprint density at radius 1 is 1.36 bits per heavy atom. The molecule has 2 aromatic heterocycles. The molecular weight excluding hydrogens is 667 g/mol. The third-order valence-electron chi connectivity index (χ3n) is 7.72. The number of nitrogens with one attached hydrogen (secondary N) is 4. The number of nitrogens with two attached hydrogens (primary N) is 1. The van der Waals surface area contributed by atoms with Crippen LogP contribution in [-0.4, -0.2) is 95.5 Å². The number of H-pyrrole nitrogens is 1. The zero-order valence-electron chi connectivity index (χ0n) is 24.9. The number of imidazole rings is 1. The van der Waals surface area contributed by atoms with Crippen molar-refractivity contribution in [2.45, 2.75) is 86.5 Å². The van der Waals surface area contributed by atoms with Gasteiger partial charge in [-0.2, -0.15) is 16.7 Å². The summed E-state index contributed by atoms with van der Waals surface area (Å²) in [7, 11) is -0.108. The van der Waals surface area contributed by atoms with Crippen LogP contribution in [0.4, 0.5) is 10.7 Å². The normalized spacial score (nSPS) is 27.0. The number of carbonyl (C=O) groups is 2. The Labute approximate surface area is 272 Å². The van der Waals surface area contributed by atoms with Crippen LogP contribution < -0.4 is 27.2 Å². The molecule has 7 atom stereocenters. The van der Waals surface area contributed by atoms with Crippen molar-refractivity contribution >= 4 is 70.7 Å². The summed E-state index contributed by atoms with van der Waals surface area (Å²) < 4.78 is 29.7. The van der Waals surface area contributed by atoms with E-state index in [1.165, 1.54) is 17.1 Å². The Hall–Kier alpha value is -1.99. The van der Waals surface area contributed by atoms with Gasteiger partial charge in [0.15, 0.2) is 11.2 Å². The number of thioether (sulfide) groups is 1. The van der Waals surface area contributed by atoms with Crippen LogP contribution in [0.3, 0.4) is 0 Å². The van der Waals surface area contributed by atoms with Gasteiger partial charge in [0.05, 0.1) is 31.1 Å². The predicted octanol–water partition coefficient (Wildman–Crippen LogP) is 1.73. The second kappa shape index (κ2) is 15.3. The number of ether oxygens (including phenoxy) is 2. The van der Waals surface area contributed by atoms with Crippen molar-refractivity contribution in [1.29, 1.82) is 0 Å². The summed E-state index contributed by atoms with van der Waals surface area (Å²) in [5, 5.41) is 9.38. The lowest BCUT2D eigenvalue weighted by Gasteiger charge is -2.24. The SMILES string of the molecule is CC(C)(CNC(=O)CCCCC1SCC2NC(=O)NC21)SSCOC1C[C@H](n2cnc3c(=O)[nH]c(N)nc32)O[C@@H]1CO[PH](=O)O. The number of amides is 3. The van der Waals surface area contributed by atoms with Gasteiger partial charge in [0.25, 0.3) is 5.56 Å². The van der Waals surface area contributed by atoms with Gasteiger partial charge in [-0.3, -0.25) is 23.7 Å². The van der Waals surface area contributed by atoms with Crippen LogP contribution in [-0.2, 0) is 23.4 Å². The maximum atomic E-state index is 12.5. The first kappa shape index (κ1) is 34.3. The van der Waals surface area contributed by atoms with Gasteiger partial charge in [-0.05, 0) is 26.7 Å². The first-order valence-electron chi connectivity index (χ1n) is 14.6.